The molecule has 4 heteroatoms. The van der Waals surface area contributed by atoms with Crippen molar-refractivity contribution in [2.24, 2.45) is 0 Å². The number of anilines is 2. The second-order valence-corrected chi connectivity index (χ2v) is 11.6. The van der Waals surface area contributed by atoms with Gasteiger partial charge in [0.1, 0.15) is 0 Å². The van der Waals surface area contributed by atoms with Gasteiger partial charge < -0.3 is 10.6 Å². The first kappa shape index (κ1) is 33.1. The third-order valence-electron chi connectivity index (χ3n) is 7.90. The summed E-state index contributed by atoms with van der Waals surface area (Å²) in [5, 5.41) is 6.07. The Morgan fingerprint density at radius 1 is 0.405 bits per heavy atom. The molecule has 0 spiro atoms. The third kappa shape index (κ3) is 12.6. The molecule has 2 amide bonds. The summed E-state index contributed by atoms with van der Waals surface area (Å²) < 4.78 is 0. The summed E-state index contributed by atoms with van der Waals surface area (Å²) in [4.78, 5) is 24.6. The van der Waals surface area contributed by atoms with Gasteiger partial charge in [0.25, 0.3) is 0 Å². The van der Waals surface area contributed by atoms with Crippen molar-refractivity contribution in [1.82, 2.24) is 0 Å². The van der Waals surface area contributed by atoms with Crippen LogP contribution in [-0.2, 0) is 9.59 Å². The Balaban J connectivity index is 1.40. The molecule has 0 saturated heterocycles. The molecule has 0 atom stereocenters. The van der Waals surface area contributed by atoms with Crippen LogP contribution in [-0.4, -0.2) is 11.8 Å². The molecule has 0 unspecified atom stereocenters. The van der Waals surface area contributed by atoms with Crippen molar-refractivity contribution in [3.05, 3.63) is 72.8 Å². The van der Waals surface area contributed by atoms with Gasteiger partial charge in [-0.25, -0.2) is 0 Å². The molecule has 0 heterocycles. The van der Waals surface area contributed by atoms with Crippen molar-refractivity contribution >= 4 is 23.2 Å². The number of nitrogens with one attached hydrogen (secondary N) is 2. The maximum atomic E-state index is 12.3. The van der Waals surface area contributed by atoms with E-state index in [1.807, 2.05) is 24.3 Å². The van der Waals surface area contributed by atoms with Crippen molar-refractivity contribution < 1.29 is 9.59 Å². The van der Waals surface area contributed by atoms with Crippen LogP contribution in [0, 0.1) is 0 Å². The minimum atomic E-state index is 0.0967. The maximum absolute atomic E-state index is 12.3. The molecule has 3 aromatic carbocycles. The predicted molar refractivity (Wildman–Crippen MR) is 180 cm³/mol. The Morgan fingerprint density at radius 2 is 0.667 bits per heavy atom. The number of hydrogen-bond donors (Lipinski definition) is 2. The molecule has 0 bridgehead atoms. The smallest absolute Gasteiger partial charge is 0.224 e. The van der Waals surface area contributed by atoms with Gasteiger partial charge in [-0.05, 0) is 59.4 Å². The summed E-state index contributed by atoms with van der Waals surface area (Å²) in [5.74, 6) is 0.193. The number of benzene rings is 3. The van der Waals surface area contributed by atoms with Gasteiger partial charge in [0.2, 0.25) is 11.8 Å². The quantitative estimate of drug-likeness (QED) is 0.133. The van der Waals surface area contributed by atoms with Crippen LogP contribution in [0.2, 0.25) is 0 Å². The van der Waals surface area contributed by atoms with Gasteiger partial charge in [-0.15, -0.1) is 0 Å². The van der Waals surface area contributed by atoms with Crippen LogP contribution in [0.5, 0.6) is 0 Å². The van der Waals surface area contributed by atoms with Gasteiger partial charge in [0.15, 0.2) is 0 Å². The van der Waals surface area contributed by atoms with Gasteiger partial charge in [-0.3, -0.25) is 9.59 Å². The highest BCUT2D eigenvalue weighted by Crippen LogP contribution is 2.27. The number of rotatable bonds is 20. The molecular weight excluding hydrogens is 516 g/mol. The third-order valence-corrected chi connectivity index (χ3v) is 7.90. The fraction of sp³-hybridized carbons (Fsp3) is 0.474. The van der Waals surface area contributed by atoms with Gasteiger partial charge in [0, 0.05) is 24.2 Å². The topological polar surface area (TPSA) is 58.2 Å². The van der Waals surface area contributed by atoms with Crippen LogP contribution < -0.4 is 10.6 Å². The van der Waals surface area contributed by atoms with Gasteiger partial charge in [0.05, 0.1) is 0 Å². The summed E-state index contributed by atoms with van der Waals surface area (Å²) in [5.41, 5.74) is 6.19. The van der Waals surface area contributed by atoms with Gasteiger partial charge >= 0.3 is 0 Å². The van der Waals surface area contributed by atoms with E-state index in [2.05, 4.69) is 73.0 Å². The summed E-state index contributed by atoms with van der Waals surface area (Å²) in [6.45, 7) is 4.46. The van der Waals surface area contributed by atoms with E-state index < -0.39 is 0 Å². The van der Waals surface area contributed by atoms with Crippen molar-refractivity contribution in [2.75, 3.05) is 10.6 Å². The molecule has 42 heavy (non-hydrogen) atoms. The van der Waals surface area contributed by atoms with E-state index in [0.717, 1.165) is 59.3 Å². The Kier molecular flexibility index (Phi) is 15.5. The largest absolute Gasteiger partial charge is 0.326 e. The highest BCUT2D eigenvalue weighted by Gasteiger charge is 2.06. The lowest BCUT2D eigenvalue weighted by Crippen LogP contribution is -2.10. The molecule has 0 radical (unpaired) electrons. The first-order valence-electron chi connectivity index (χ1n) is 16.5. The zero-order valence-electron chi connectivity index (χ0n) is 26.1. The zero-order chi connectivity index (χ0) is 29.8. The maximum Gasteiger partial charge on any atom is 0.224 e. The number of carbonyl (C=O) groups excluding carboxylic acids is 2. The van der Waals surface area contributed by atoms with Crippen LogP contribution >= 0.6 is 0 Å². The minimum absolute atomic E-state index is 0.0967. The van der Waals surface area contributed by atoms with Crippen molar-refractivity contribution in [1.29, 1.82) is 0 Å². The normalized spacial score (nSPS) is 10.9. The number of amides is 2. The summed E-state index contributed by atoms with van der Waals surface area (Å²) in [6, 6.07) is 24.7. The van der Waals surface area contributed by atoms with Crippen LogP contribution in [0.1, 0.15) is 117 Å². The highest BCUT2D eigenvalue weighted by molar-refractivity contribution is 5.91. The van der Waals surface area contributed by atoms with E-state index >= 15 is 0 Å². The Morgan fingerprint density at radius 3 is 0.976 bits per heavy atom. The number of hydrogen-bond acceptors (Lipinski definition) is 2. The van der Waals surface area contributed by atoms with E-state index in [4.69, 9.17) is 0 Å². The predicted octanol–water partition coefficient (Wildman–Crippen LogP) is 11.2. The molecule has 0 aliphatic rings. The van der Waals surface area contributed by atoms with E-state index in [0.29, 0.717) is 12.8 Å². The molecule has 0 aliphatic heterocycles. The zero-order valence-corrected chi connectivity index (χ0v) is 26.1. The molecule has 4 nitrogen and oxygen atoms in total. The molecule has 0 aliphatic carbocycles. The first-order chi connectivity index (χ1) is 20.6. The average Bonchev–Trinajstić information content (AvgIpc) is 3.01. The molecule has 226 valence electrons. The van der Waals surface area contributed by atoms with E-state index in [1.165, 1.54) is 64.2 Å². The lowest BCUT2D eigenvalue weighted by atomic mass is 10.00. The lowest BCUT2D eigenvalue weighted by Gasteiger charge is -2.09. The Bertz CT molecular complexity index is 1070. The molecule has 0 aromatic heterocycles. The number of carbonyl (C=O) groups is 2. The number of unbranched alkanes of at least 4 members (excludes halogenated alkanes) is 12. The Labute approximate surface area is 254 Å². The molecule has 3 aromatic rings. The fourth-order valence-electron chi connectivity index (χ4n) is 5.28. The second-order valence-electron chi connectivity index (χ2n) is 11.6. The van der Waals surface area contributed by atoms with Crippen LogP contribution in [0.3, 0.4) is 0 Å². The van der Waals surface area contributed by atoms with Crippen LogP contribution in [0.25, 0.3) is 22.3 Å². The standard InChI is InChI=1S/C38H52N2O2/c1-3-5-7-9-11-13-15-17-37(41)39-35-27-23-33(24-28-35)31-19-21-32(22-20-31)34-25-29-36(30-26-34)40-38(42)18-16-14-12-10-8-6-4-2/h19-30H,3-18H2,1-2H3,(H,39,41)(H,40,42). The minimum Gasteiger partial charge on any atom is -0.326 e. The molecule has 0 fully saturated rings. The summed E-state index contributed by atoms with van der Waals surface area (Å²) >= 11 is 0. The SMILES string of the molecule is CCCCCCCCCC(=O)Nc1ccc(-c2ccc(-c3ccc(NC(=O)CCCCCCCCC)cc3)cc2)cc1. The second kappa shape index (κ2) is 19.7. The van der Waals surface area contributed by atoms with E-state index in [9.17, 15) is 9.59 Å². The van der Waals surface area contributed by atoms with Crippen LogP contribution in [0.4, 0.5) is 11.4 Å². The van der Waals surface area contributed by atoms with E-state index in [1.54, 1.807) is 0 Å². The molecule has 3 rings (SSSR count). The van der Waals surface area contributed by atoms with Gasteiger partial charge in [-0.2, -0.15) is 0 Å². The van der Waals surface area contributed by atoms with Crippen molar-refractivity contribution in [2.45, 2.75) is 117 Å². The molecular formula is C38H52N2O2. The first-order valence-corrected chi connectivity index (χ1v) is 16.5. The monoisotopic (exact) mass is 568 g/mol. The average molecular weight is 569 g/mol. The van der Waals surface area contributed by atoms with Crippen molar-refractivity contribution in [3.8, 4) is 22.3 Å². The van der Waals surface area contributed by atoms with Gasteiger partial charge in [-0.1, -0.05) is 139 Å². The molecule has 0 saturated carbocycles. The lowest BCUT2D eigenvalue weighted by molar-refractivity contribution is -0.117. The summed E-state index contributed by atoms with van der Waals surface area (Å²) in [7, 11) is 0. The van der Waals surface area contributed by atoms with E-state index in [-0.39, 0.29) is 11.8 Å². The summed E-state index contributed by atoms with van der Waals surface area (Å²) in [6.07, 6.45) is 18.2. The van der Waals surface area contributed by atoms with Crippen LogP contribution in [0.15, 0.2) is 72.8 Å². The molecule has 2 N–H and O–H groups in total. The Hall–Kier alpha value is -3.40. The highest BCUT2D eigenvalue weighted by atomic mass is 16.2. The fourth-order valence-corrected chi connectivity index (χ4v) is 5.28. The van der Waals surface area contributed by atoms with Crippen molar-refractivity contribution in [3.63, 3.8) is 0 Å².